The molecule has 1 atom stereocenters. The van der Waals surface area contributed by atoms with Crippen molar-refractivity contribution in [1.82, 2.24) is 0 Å². The van der Waals surface area contributed by atoms with Gasteiger partial charge in [-0.2, -0.15) is 0 Å². The Kier molecular flexibility index (Phi) is 4.57. The number of halogens is 1. The van der Waals surface area contributed by atoms with E-state index < -0.39 is 0 Å². The molecule has 0 saturated carbocycles. The van der Waals surface area contributed by atoms with Gasteiger partial charge < -0.3 is 16.9 Å². The van der Waals surface area contributed by atoms with Crippen LogP contribution in [-0.2, 0) is 0 Å². The quantitative estimate of drug-likeness (QED) is 0.519. The summed E-state index contributed by atoms with van der Waals surface area (Å²) < 4.78 is 1.13. The van der Waals surface area contributed by atoms with Gasteiger partial charge in [-0.05, 0) is 6.08 Å². The summed E-state index contributed by atoms with van der Waals surface area (Å²) in [6, 6.07) is 11.2. The fourth-order valence-corrected chi connectivity index (χ4v) is 2.74. The molecule has 0 spiro atoms. The molecule has 1 nitrogen and oxygen atoms in total. The van der Waals surface area contributed by atoms with Crippen molar-refractivity contribution in [3.63, 3.8) is 0 Å². The Hall–Kier alpha value is -0.790. The second-order valence-electron chi connectivity index (χ2n) is 4.72. The van der Waals surface area contributed by atoms with Crippen LogP contribution >= 0.6 is 0 Å². The van der Waals surface area contributed by atoms with Crippen molar-refractivity contribution < 1.29 is 16.9 Å². The fraction of sp³-hybridized carbons (Fsp3) is 0.429. The van der Waals surface area contributed by atoms with Crippen molar-refractivity contribution in [3.05, 3.63) is 48.6 Å². The average Bonchev–Trinajstić information content (AvgIpc) is 2.68. The van der Waals surface area contributed by atoms with Gasteiger partial charge in [0.15, 0.2) is 0 Å². The van der Waals surface area contributed by atoms with Crippen LogP contribution in [-0.4, -0.2) is 24.6 Å². The van der Waals surface area contributed by atoms with Gasteiger partial charge in [0.25, 0.3) is 0 Å². The molecule has 1 aliphatic rings. The van der Waals surface area contributed by atoms with E-state index in [9.17, 15) is 0 Å². The first-order valence-corrected chi connectivity index (χ1v) is 5.78. The molecule has 0 aromatic heterocycles. The van der Waals surface area contributed by atoms with E-state index in [-0.39, 0.29) is 12.4 Å². The monoisotopic (exact) mass is 237 g/mol. The van der Waals surface area contributed by atoms with Crippen LogP contribution < -0.4 is 12.4 Å². The smallest absolute Gasteiger partial charge is 0.133 e. The number of nitrogens with zero attached hydrogens (tertiary/aromatic N) is 1. The Morgan fingerprint density at radius 2 is 1.75 bits per heavy atom. The predicted molar refractivity (Wildman–Crippen MR) is 64.5 cm³/mol. The number of hydrogen-bond donors (Lipinski definition) is 0. The molecule has 0 bridgehead atoms. The van der Waals surface area contributed by atoms with Crippen LogP contribution in [0.2, 0.25) is 0 Å². The summed E-state index contributed by atoms with van der Waals surface area (Å²) in [4.78, 5) is 0. The van der Waals surface area contributed by atoms with Gasteiger partial charge >= 0.3 is 0 Å². The van der Waals surface area contributed by atoms with E-state index in [1.807, 2.05) is 0 Å². The van der Waals surface area contributed by atoms with E-state index in [1.165, 1.54) is 31.5 Å². The van der Waals surface area contributed by atoms with E-state index in [1.54, 1.807) is 0 Å². The average molecular weight is 238 g/mol. The van der Waals surface area contributed by atoms with E-state index in [2.05, 4.69) is 50.0 Å². The predicted octanol–water partition coefficient (Wildman–Crippen LogP) is 0.158. The molecule has 88 valence electrons. The van der Waals surface area contributed by atoms with Gasteiger partial charge in [-0.15, -0.1) is 0 Å². The molecule has 1 fully saturated rings. The molecule has 1 aromatic rings. The first-order chi connectivity index (χ1) is 7.26. The fourth-order valence-electron chi connectivity index (χ4n) is 2.74. The zero-order valence-corrected chi connectivity index (χ0v) is 10.7. The first kappa shape index (κ1) is 13.3. The molecule has 1 saturated heterocycles. The van der Waals surface area contributed by atoms with Crippen molar-refractivity contribution in [1.29, 1.82) is 0 Å². The maximum absolute atomic E-state index is 4.01. The summed E-state index contributed by atoms with van der Waals surface area (Å²) in [6.45, 7) is 6.58. The second kappa shape index (κ2) is 5.51. The summed E-state index contributed by atoms with van der Waals surface area (Å²) in [7, 11) is 2.35. The van der Waals surface area contributed by atoms with Crippen LogP contribution in [0.3, 0.4) is 0 Å². The summed E-state index contributed by atoms with van der Waals surface area (Å²) >= 11 is 0. The van der Waals surface area contributed by atoms with Crippen molar-refractivity contribution in [2.75, 3.05) is 20.1 Å². The third kappa shape index (κ3) is 2.47. The van der Waals surface area contributed by atoms with E-state index in [0.717, 1.165) is 4.48 Å². The standard InChI is InChI=1S/C14H20N.ClH/c1-3-14(13-9-5-4-6-10-13)15(2)11-7-8-12-15;/h3-6,9-10,14H,1,7-8,11-12H2,2H3;1H/q+1;/p-1. The molecule has 2 heteroatoms. The maximum atomic E-state index is 4.01. The number of likely N-dealkylation sites (tertiary alicyclic amines) is 1. The molecule has 1 aromatic carbocycles. The highest BCUT2D eigenvalue weighted by Crippen LogP contribution is 2.32. The van der Waals surface area contributed by atoms with E-state index in [0.29, 0.717) is 6.04 Å². The highest BCUT2D eigenvalue weighted by Gasteiger charge is 2.34. The van der Waals surface area contributed by atoms with Crippen LogP contribution in [0.4, 0.5) is 0 Å². The number of hydrogen-bond acceptors (Lipinski definition) is 0. The Bertz CT molecular complexity index is 328. The van der Waals surface area contributed by atoms with Crippen LogP contribution in [0.25, 0.3) is 0 Å². The lowest BCUT2D eigenvalue weighted by atomic mass is 10.0. The van der Waals surface area contributed by atoms with Crippen molar-refractivity contribution >= 4 is 0 Å². The summed E-state index contributed by atoms with van der Waals surface area (Å²) in [5.74, 6) is 0. The van der Waals surface area contributed by atoms with Gasteiger partial charge in [0.05, 0.1) is 20.1 Å². The Morgan fingerprint density at radius 1 is 1.19 bits per heavy atom. The van der Waals surface area contributed by atoms with Crippen LogP contribution in [0.15, 0.2) is 43.0 Å². The number of likely N-dealkylation sites (N-methyl/N-ethyl adjacent to an activating group) is 1. The zero-order valence-electron chi connectivity index (χ0n) is 9.90. The third-order valence-electron chi connectivity index (χ3n) is 3.62. The molecule has 0 radical (unpaired) electrons. The van der Waals surface area contributed by atoms with Gasteiger partial charge in [-0.3, -0.25) is 0 Å². The molecule has 1 unspecified atom stereocenters. The maximum Gasteiger partial charge on any atom is 0.133 e. The van der Waals surface area contributed by atoms with Crippen molar-refractivity contribution in [2.24, 2.45) is 0 Å². The van der Waals surface area contributed by atoms with E-state index in [4.69, 9.17) is 0 Å². The minimum Gasteiger partial charge on any atom is -1.00 e. The largest absolute Gasteiger partial charge is 1.00 e. The molecule has 0 amide bonds. The minimum atomic E-state index is 0. The van der Waals surface area contributed by atoms with Crippen LogP contribution in [0.5, 0.6) is 0 Å². The lowest BCUT2D eigenvalue weighted by molar-refractivity contribution is -0.921. The molecule has 0 N–H and O–H groups in total. The van der Waals surface area contributed by atoms with Gasteiger partial charge in [0.1, 0.15) is 6.04 Å². The molecule has 2 rings (SSSR count). The number of rotatable bonds is 3. The molecular weight excluding hydrogens is 218 g/mol. The second-order valence-corrected chi connectivity index (χ2v) is 4.72. The van der Waals surface area contributed by atoms with Crippen molar-refractivity contribution in [2.45, 2.75) is 18.9 Å². The van der Waals surface area contributed by atoms with Crippen molar-refractivity contribution in [3.8, 4) is 0 Å². The zero-order chi connectivity index (χ0) is 10.7. The van der Waals surface area contributed by atoms with Gasteiger partial charge in [0.2, 0.25) is 0 Å². The molecule has 0 aliphatic carbocycles. The lowest BCUT2D eigenvalue weighted by Gasteiger charge is -2.36. The normalized spacial score (nSPS) is 19.8. The Morgan fingerprint density at radius 3 is 2.25 bits per heavy atom. The van der Waals surface area contributed by atoms with Gasteiger partial charge in [-0.25, -0.2) is 0 Å². The summed E-state index contributed by atoms with van der Waals surface area (Å²) in [6.07, 6.45) is 4.82. The lowest BCUT2D eigenvalue weighted by Crippen LogP contribution is -3.00. The summed E-state index contributed by atoms with van der Waals surface area (Å²) in [5, 5.41) is 0. The number of benzene rings is 1. The molecule has 16 heavy (non-hydrogen) atoms. The first-order valence-electron chi connectivity index (χ1n) is 5.78. The minimum absolute atomic E-state index is 0. The molecular formula is C14H20ClN. The van der Waals surface area contributed by atoms with Gasteiger partial charge in [-0.1, -0.05) is 36.9 Å². The Balaban J connectivity index is 0.00000128. The van der Waals surface area contributed by atoms with Gasteiger partial charge in [0, 0.05) is 18.4 Å². The topological polar surface area (TPSA) is 0 Å². The third-order valence-corrected chi connectivity index (χ3v) is 3.62. The van der Waals surface area contributed by atoms with Crippen LogP contribution in [0, 0.1) is 0 Å². The van der Waals surface area contributed by atoms with Crippen LogP contribution in [0.1, 0.15) is 24.4 Å². The highest BCUT2D eigenvalue weighted by molar-refractivity contribution is 5.20. The summed E-state index contributed by atoms with van der Waals surface area (Å²) in [5.41, 5.74) is 1.40. The molecule has 1 aliphatic heterocycles. The molecule has 1 heterocycles. The number of quaternary nitrogens is 1. The van der Waals surface area contributed by atoms with E-state index >= 15 is 0 Å². The highest BCUT2D eigenvalue weighted by atomic mass is 35.5. The SMILES string of the molecule is C=CC(c1ccccc1)[N+]1(C)CCCC1.[Cl-]. The Labute approximate surface area is 105 Å².